The molecule has 0 unspecified atom stereocenters. The van der Waals surface area contributed by atoms with Gasteiger partial charge in [0.05, 0.1) is 12.7 Å². The van der Waals surface area contributed by atoms with Gasteiger partial charge in [0.25, 0.3) is 5.56 Å². The number of hydrogen-bond donors (Lipinski definition) is 0. The molecule has 2 heterocycles. The monoisotopic (exact) mass is 205 g/mol. The third kappa shape index (κ3) is 2.25. The van der Waals surface area contributed by atoms with E-state index in [1.165, 1.54) is 29.2 Å². The van der Waals surface area contributed by atoms with Crippen molar-refractivity contribution in [3.63, 3.8) is 0 Å². The molecule has 76 valence electrons. The molecule has 2 aromatic heterocycles. The van der Waals surface area contributed by atoms with Crippen molar-refractivity contribution in [3.05, 3.63) is 58.5 Å². The topological polar surface area (TPSA) is 47.8 Å². The molecule has 0 fully saturated rings. The zero-order valence-electron chi connectivity index (χ0n) is 7.80. The normalized spacial score (nSPS) is 10.2. The molecule has 0 aliphatic rings. The van der Waals surface area contributed by atoms with Gasteiger partial charge in [-0.3, -0.25) is 9.78 Å². The highest BCUT2D eigenvalue weighted by atomic mass is 19.1. The summed E-state index contributed by atoms with van der Waals surface area (Å²) in [6.07, 6.45) is 4.13. The fraction of sp³-hybridized carbons (Fsp3) is 0.100. The van der Waals surface area contributed by atoms with E-state index >= 15 is 0 Å². The zero-order chi connectivity index (χ0) is 10.7. The van der Waals surface area contributed by atoms with Crippen LogP contribution in [0.25, 0.3) is 0 Å². The van der Waals surface area contributed by atoms with Crippen LogP contribution in [0.5, 0.6) is 0 Å². The first kappa shape index (κ1) is 9.51. The van der Waals surface area contributed by atoms with Crippen molar-refractivity contribution in [2.45, 2.75) is 6.54 Å². The van der Waals surface area contributed by atoms with Gasteiger partial charge in [-0.25, -0.2) is 9.07 Å². The molecular formula is C10H8FN3O. The highest BCUT2D eigenvalue weighted by molar-refractivity contribution is 5.10. The van der Waals surface area contributed by atoms with E-state index in [0.29, 0.717) is 5.56 Å². The molecule has 0 spiro atoms. The Morgan fingerprint density at radius 3 is 3.00 bits per heavy atom. The number of aromatic nitrogens is 3. The SMILES string of the molecule is O=c1cccnn1Cc1cncc(F)c1. The van der Waals surface area contributed by atoms with Crippen LogP contribution in [0.2, 0.25) is 0 Å². The summed E-state index contributed by atoms with van der Waals surface area (Å²) in [4.78, 5) is 15.0. The average Bonchev–Trinajstić information content (AvgIpc) is 2.22. The van der Waals surface area contributed by atoms with E-state index in [4.69, 9.17) is 0 Å². The van der Waals surface area contributed by atoms with E-state index in [9.17, 15) is 9.18 Å². The summed E-state index contributed by atoms with van der Waals surface area (Å²) in [7, 11) is 0. The van der Waals surface area contributed by atoms with Crippen molar-refractivity contribution in [2.24, 2.45) is 0 Å². The molecule has 0 aromatic carbocycles. The second-order valence-corrected chi connectivity index (χ2v) is 3.03. The molecule has 0 radical (unpaired) electrons. The lowest BCUT2D eigenvalue weighted by Gasteiger charge is -2.02. The number of halogens is 1. The Labute approximate surface area is 85.0 Å². The first-order valence-corrected chi connectivity index (χ1v) is 4.37. The van der Waals surface area contributed by atoms with Crippen LogP contribution in [0, 0.1) is 5.82 Å². The Bertz CT molecular complexity index is 524. The van der Waals surface area contributed by atoms with Gasteiger partial charge in [-0.05, 0) is 17.7 Å². The fourth-order valence-corrected chi connectivity index (χ4v) is 1.22. The fourth-order valence-electron chi connectivity index (χ4n) is 1.22. The summed E-state index contributed by atoms with van der Waals surface area (Å²) in [5.74, 6) is -0.420. The van der Waals surface area contributed by atoms with E-state index in [0.717, 1.165) is 6.20 Å². The van der Waals surface area contributed by atoms with Gasteiger partial charge in [0.15, 0.2) is 0 Å². The number of hydrogen-bond acceptors (Lipinski definition) is 3. The highest BCUT2D eigenvalue weighted by Crippen LogP contribution is 2.01. The third-order valence-corrected chi connectivity index (χ3v) is 1.88. The van der Waals surface area contributed by atoms with Gasteiger partial charge in [0, 0.05) is 18.5 Å². The quantitative estimate of drug-likeness (QED) is 0.729. The largest absolute Gasteiger partial charge is 0.268 e. The van der Waals surface area contributed by atoms with Gasteiger partial charge in [-0.15, -0.1) is 0 Å². The third-order valence-electron chi connectivity index (χ3n) is 1.88. The Kier molecular flexibility index (Phi) is 2.53. The highest BCUT2D eigenvalue weighted by Gasteiger charge is 1.99. The summed E-state index contributed by atoms with van der Waals surface area (Å²) < 4.78 is 14.0. The molecule has 2 aromatic rings. The molecule has 15 heavy (non-hydrogen) atoms. The summed E-state index contributed by atoms with van der Waals surface area (Å²) in [5, 5.41) is 3.86. The lowest BCUT2D eigenvalue weighted by atomic mass is 10.3. The van der Waals surface area contributed by atoms with Gasteiger partial charge in [-0.2, -0.15) is 5.10 Å². The summed E-state index contributed by atoms with van der Waals surface area (Å²) in [6, 6.07) is 4.29. The summed E-state index contributed by atoms with van der Waals surface area (Å²) >= 11 is 0. The van der Waals surface area contributed by atoms with Gasteiger partial charge in [0.1, 0.15) is 5.82 Å². The molecule has 5 heteroatoms. The number of nitrogens with zero attached hydrogens (tertiary/aromatic N) is 3. The zero-order valence-corrected chi connectivity index (χ0v) is 7.80. The lowest BCUT2D eigenvalue weighted by Crippen LogP contribution is -2.21. The van der Waals surface area contributed by atoms with Crippen molar-refractivity contribution in [1.82, 2.24) is 14.8 Å². The van der Waals surface area contributed by atoms with Crippen LogP contribution in [-0.4, -0.2) is 14.8 Å². The molecule has 0 N–H and O–H groups in total. The van der Waals surface area contributed by atoms with E-state index in [2.05, 4.69) is 10.1 Å². The maximum absolute atomic E-state index is 12.8. The number of rotatable bonds is 2. The Morgan fingerprint density at radius 1 is 1.40 bits per heavy atom. The van der Waals surface area contributed by atoms with Crippen molar-refractivity contribution in [2.75, 3.05) is 0 Å². The van der Waals surface area contributed by atoms with Gasteiger partial charge >= 0.3 is 0 Å². The van der Waals surface area contributed by atoms with Gasteiger partial charge in [0.2, 0.25) is 0 Å². The first-order chi connectivity index (χ1) is 7.25. The number of pyridine rings is 1. The van der Waals surface area contributed by atoms with E-state index in [-0.39, 0.29) is 12.1 Å². The van der Waals surface area contributed by atoms with E-state index in [1.807, 2.05) is 0 Å². The molecular weight excluding hydrogens is 197 g/mol. The Morgan fingerprint density at radius 2 is 2.27 bits per heavy atom. The molecule has 0 saturated carbocycles. The molecule has 0 amide bonds. The van der Waals surface area contributed by atoms with Gasteiger partial charge in [-0.1, -0.05) is 0 Å². The predicted molar refractivity (Wildman–Crippen MR) is 51.8 cm³/mol. The molecule has 0 saturated heterocycles. The van der Waals surface area contributed by atoms with Crippen molar-refractivity contribution < 1.29 is 4.39 Å². The standard InChI is InChI=1S/C10H8FN3O/c11-9-4-8(5-12-6-9)7-14-10(15)2-1-3-13-14/h1-6H,7H2. The van der Waals surface area contributed by atoms with Gasteiger partial charge < -0.3 is 0 Å². The smallest absolute Gasteiger partial charge is 0.267 e. The summed E-state index contributed by atoms with van der Waals surface area (Å²) in [5.41, 5.74) is 0.387. The maximum Gasteiger partial charge on any atom is 0.267 e. The van der Waals surface area contributed by atoms with Crippen molar-refractivity contribution >= 4 is 0 Å². The van der Waals surface area contributed by atoms with Crippen LogP contribution in [0.4, 0.5) is 4.39 Å². The Hall–Kier alpha value is -2.04. The minimum atomic E-state index is -0.420. The van der Waals surface area contributed by atoms with Crippen LogP contribution in [0.1, 0.15) is 5.56 Å². The van der Waals surface area contributed by atoms with Crippen LogP contribution in [0.3, 0.4) is 0 Å². The maximum atomic E-state index is 12.8. The van der Waals surface area contributed by atoms with Crippen LogP contribution < -0.4 is 5.56 Å². The molecule has 0 atom stereocenters. The van der Waals surface area contributed by atoms with Crippen molar-refractivity contribution in [3.8, 4) is 0 Å². The molecule has 0 aliphatic carbocycles. The van der Waals surface area contributed by atoms with Crippen molar-refractivity contribution in [1.29, 1.82) is 0 Å². The second kappa shape index (κ2) is 4.00. The average molecular weight is 205 g/mol. The molecule has 4 nitrogen and oxygen atoms in total. The molecule has 0 bridgehead atoms. The van der Waals surface area contributed by atoms with E-state index in [1.54, 1.807) is 6.07 Å². The van der Waals surface area contributed by atoms with Crippen LogP contribution >= 0.6 is 0 Å². The molecule has 2 rings (SSSR count). The minimum absolute atomic E-state index is 0.221. The Balaban J connectivity index is 2.30. The van der Waals surface area contributed by atoms with E-state index < -0.39 is 5.82 Å². The van der Waals surface area contributed by atoms with Crippen LogP contribution in [-0.2, 0) is 6.54 Å². The minimum Gasteiger partial charge on any atom is -0.268 e. The predicted octanol–water partition coefficient (Wildman–Crippen LogP) is 0.826. The molecule has 0 aliphatic heterocycles. The second-order valence-electron chi connectivity index (χ2n) is 3.03. The van der Waals surface area contributed by atoms with Crippen LogP contribution in [0.15, 0.2) is 41.6 Å². The summed E-state index contributed by atoms with van der Waals surface area (Å²) in [6.45, 7) is 0.227. The first-order valence-electron chi connectivity index (χ1n) is 4.37. The lowest BCUT2D eigenvalue weighted by molar-refractivity contribution is 0.603.